The Morgan fingerprint density at radius 1 is 0.543 bits per heavy atom. The van der Waals surface area contributed by atoms with Gasteiger partial charge in [0.1, 0.15) is 0 Å². The predicted octanol–water partition coefficient (Wildman–Crippen LogP) is 12.0. The van der Waals surface area contributed by atoms with Crippen LogP contribution in [0.3, 0.4) is 0 Å². The molecule has 2 atom stereocenters. The van der Waals surface area contributed by atoms with Gasteiger partial charge in [-0.2, -0.15) is 0 Å². The van der Waals surface area contributed by atoms with Crippen molar-refractivity contribution in [2.24, 2.45) is 0 Å². The van der Waals surface area contributed by atoms with Crippen molar-refractivity contribution in [1.82, 2.24) is 5.32 Å². The van der Waals surface area contributed by atoms with Crippen LogP contribution in [0, 0.1) is 0 Å². The fourth-order valence-corrected chi connectivity index (χ4v) is 5.82. The van der Waals surface area contributed by atoms with E-state index in [-0.39, 0.29) is 12.5 Å². The molecule has 1 amide bonds. The van der Waals surface area contributed by atoms with Gasteiger partial charge in [-0.1, -0.05) is 184 Å². The molecule has 0 radical (unpaired) electrons. The minimum Gasteiger partial charge on any atom is -0.394 e. The van der Waals surface area contributed by atoms with E-state index in [9.17, 15) is 15.0 Å². The Bertz CT molecular complexity index is 741. The van der Waals surface area contributed by atoms with Gasteiger partial charge in [-0.3, -0.25) is 4.79 Å². The topological polar surface area (TPSA) is 69.6 Å². The average Bonchev–Trinajstić information content (AvgIpc) is 3.06. The maximum absolute atomic E-state index is 12.2. The number of unbranched alkanes of at least 4 members (excludes halogenated alkanes) is 20. The summed E-state index contributed by atoms with van der Waals surface area (Å²) in [5.41, 5.74) is 0. The zero-order chi connectivity index (χ0) is 33.6. The second-order valence-electron chi connectivity index (χ2n) is 13.3. The minimum atomic E-state index is -0.654. The first-order valence-electron chi connectivity index (χ1n) is 19.8. The first kappa shape index (κ1) is 44.4. The molecule has 0 aromatic carbocycles. The largest absolute Gasteiger partial charge is 0.394 e. The van der Waals surface area contributed by atoms with Gasteiger partial charge in [0.15, 0.2) is 0 Å². The van der Waals surface area contributed by atoms with Crippen LogP contribution in [0.5, 0.6) is 0 Å². The van der Waals surface area contributed by atoms with Crippen molar-refractivity contribution in [2.75, 3.05) is 6.61 Å². The molecule has 4 nitrogen and oxygen atoms in total. The van der Waals surface area contributed by atoms with E-state index in [0.29, 0.717) is 12.8 Å². The Balaban J connectivity index is 3.35. The number of rotatable bonds is 35. The minimum absolute atomic E-state index is 0.0437. The second kappa shape index (κ2) is 37.8. The molecular weight excluding hydrogens is 566 g/mol. The monoisotopic (exact) mass is 644 g/mol. The van der Waals surface area contributed by atoms with Gasteiger partial charge >= 0.3 is 0 Å². The zero-order valence-electron chi connectivity index (χ0n) is 30.6. The lowest BCUT2D eigenvalue weighted by Crippen LogP contribution is -2.45. The van der Waals surface area contributed by atoms with E-state index in [1.807, 2.05) is 0 Å². The standard InChI is InChI=1S/C42H77NO3/c1-3-5-7-8-9-10-11-12-13-14-15-16-17-18-19-20-21-22-23-24-25-26-27-28-29-30-31-32-33-34-36-38-42(46)43-40(39-44)41(45)37-35-6-4-2/h5,7,9-10,12-13,15-16,40-41,44-45H,3-4,6,8,11,14,17-39H2,1-2H3,(H,43,46)/b7-5-,10-9-,13-12-,16-15-. The van der Waals surface area contributed by atoms with E-state index >= 15 is 0 Å². The summed E-state index contributed by atoms with van der Waals surface area (Å²) < 4.78 is 0. The second-order valence-corrected chi connectivity index (χ2v) is 13.3. The molecule has 0 saturated carbocycles. The van der Waals surface area contributed by atoms with Gasteiger partial charge in [-0.15, -0.1) is 0 Å². The van der Waals surface area contributed by atoms with Crippen LogP contribution in [0.1, 0.15) is 194 Å². The van der Waals surface area contributed by atoms with E-state index < -0.39 is 12.1 Å². The maximum atomic E-state index is 12.2. The van der Waals surface area contributed by atoms with Crippen LogP contribution in [0.4, 0.5) is 0 Å². The molecule has 3 N–H and O–H groups in total. The lowest BCUT2D eigenvalue weighted by molar-refractivity contribution is -0.123. The molecule has 0 heterocycles. The Morgan fingerprint density at radius 2 is 0.957 bits per heavy atom. The molecule has 0 bridgehead atoms. The van der Waals surface area contributed by atoms with E-state index in [4.69, 9.17) is 0 Å². The third kappa shape index (κ3) is 33.7. The summed E-state index contributed by atoms with van der Waals surface area (Å²) in [6.45, 7) is 4.10. The van der Waals surface area contributed by atoms with E-state index in [0.717, 1.165) is 57.8 Å². The first-order chi connectivity index (χ1) is 22.7. The highest BCUT2D eigenvalue weighted by atomic mass is 16.3. The molecule has 0 spiro atoms. The maximum Gasteiger partial charge on any atom is 0.220 e. The highest BCUT2D eigenvalue weighted by Gasteiger charge is 2.19. The predicted molar refractivity (Wildman–Crippen MR) is 202 cm³/mol. The highest BCUT2D eigenvalue weighted by Crippen LogP contribution is 2.15. The van der Waals surface area contributed by atoms with Crippen molar-refractivity contribution >= 4 is 5.91 Å². The number of hydrogen-bond acceptors (Lipinski definition) is 3. The Labute approximate surface area is 286 Å². The number of allylic oxidation sites excluding steroid dienone is 8. The van der Waals surface area contributed by atoms with Crippen LogP contribution in [0.15, 0.2) is 48.6 Å². The SMILES string of the molecule is CC/C=C\C/C=C\C/C=C\C/C=C\CCCCCCCCCCCCCCCCCCCCC(=O)NC(CO)C(O)CCCCC. The zero-order valence-corrected chi connectivity index (χ0v) is 30.6. The fourth-order valence-electron chi connectivity index (χ4n) is 5.82. The van der Waals surface area contributed by atoms with Crippen LogP contribution in [-0.2, 0) is 4.79 Å². The van der Waals surface area contributed by atoms with Crippen LogP contribution in [0.2, 0.25) is 0 Å². The number of amides is 1. The summed E-state index contributed by atoms with van der Waals surface area (Å²) in [4.78, 5) is 12.2. The lowest BCUT2D eigenvalue weighted by Gasteiger charge is -2.22. The van der Waals surface area contributed by atoms with Gasteiger partial charge < -0.3 is 15.5 Å². The number of carbonyl (C=O) groups is 1. The number of aliphatic hydroxyl groups excluding tert-OH is 2. The molecular formula is C42H77NO3. The smallest absolute Gasteiger partial charge is 0.220 e. The van der Waals surface area contributed by atoms with Crippen molar-refractivity contribution in [1.29, 1.82) is 0 Å². The van der Waals surface area contributed by atoms with Gasteiger partial charge in [0.05, 0.1) is 18.8 Å². The van der Waals surface area contributed by atoms with Crippen LogP contribution in [0.25, 0.3) is 0 Å². The van der Waals surface area contributed by atoms with Crippen molar-refractivity contribution in [3.8, 4) is 0 Å². The molecule has 0 saturated heterocycles. The van der Waals surface area contributed by atoms with Gasteiger partial charge in [-0.25, -0.2) is 0 Å². The first-order valence-corrected chi connectivity index (χ1v) is 19.8. The number of nitrogens with one attached hydrogen (secondary N) is 1. The van der Waals surface area contributed by atoms with Gasteiger partial charge in [0, 0.05) is 6.42 Å². The third-order valence-electron chi connectivity index (χ3n) is 8.85. The molecule has 4 heteroatoms. The summed E-state index contributed by atoms with van der Waals surface area (Å²) in [6, 6.07) is -0.530. The molecule has 0 aliphatic heterocycles. The molecule has 0 aliphatic rings. The number of hydrogen-bond donors (Lipinski definition) is 3. The Kier molecular flexibility index (Phi) is 36.4. The molecule has 0 aromatic rings. The van der Waals surface area contributed by atoms with E-state index in [1.54, 1.807) is 0 Å². The Hall–Kier alpha value is -1.65. The van der Waals surface area contributed by atoms with Crippen LogP contribution < -0.4 is 5.32 Å². The van der Waals surface area contributed by atoms with Gasteiger partial charge in [0.2, 0.25) is 5.91 Å². The van der Waals surface area contributed by atoms with Crippen LogP contribution in [-0.4, -0.2) is 34.9 Å². The molecule has 0 aliphatic carbocycles. The van der Waals surface area contributed by atoms with Gasteiger partial charge in [-0.05, 0) is 51.4 Å². The summed E-state index contributed by atoms with van der Waals surface area (Å²) in [5.74, 6) is -0.0437. The number of aliphatic hydroxyl groups is 2. The van der Waals surface area contributed by atoms with Crippen molar-refractivity contribution < 1.29 is 15.0 Å². The Morgan fingerprint density at radius 3 is 1.39 bits per heavy atom. The number of carbonyl (C=O) groups excluding carboxylic acids is 1. The highest BCUT2D eigenvalue weighted by molar-refractivity contribution is 5.76. The molecule has 0 rings (SSSR count). The average molecular weight is 644 g/mol. The summed E-state index contributed by atoms with van der Waals surface area (Å²) >= 11 is 0. The van der Waals surface area contributed by atoms with Crippen molar-refractivity contribution in [2.45, 2.75) is 206 Å². The lowest BCUT2D eigenvalue weighted by atomic mass is 10.0. The summed E-state index contributed by atoms with van der Waals surface area (Å²) in [7, 11) is 0. The normalized spacial score (nSPS) is 13.6. The van der Waals surface area contributed by atoms with E-state index in [2.05, 4.69) is 67.8 Å². The van der Waals surface area contributed by atoms with Gasteiger partial charge in [0.25, 0.3) is 0 Å². The summed E-state index contributed by atoms with van der Waals surface area (Å²) in [5, 5.41) is 22.5. The van der Waals surface area contributed by atoms with Crippen molar-refractivity contribution in [3.63, 3.8) is 0 Å². The third-order valence-corrected chi connectivity index (χ3v) is 8.85. The molecule has 268 valence electrons. The summed E-state index contributed by atoms with van der Waals surface area (Å²) in [6.07, 6.45) is 51.1. The molecule has 46 heavy (non-hydrogen) atoms. The van der Waals surface area contributed by atoms with E-state index in [1.165, 1.54) is 109 Å². The molecule has 0 fully saturated rings. The quantitative estimate of drug-likeness (QED) is 0.0475. The molecule has 2 unspecified atom stereocenters. The van der Waals surface area contributed by atoms with Crippen molar-refractivity contribution in [3.05, 3.63) is 48.6 Å². The van der Waals surface area contributed by atoms with Crippen LogP contribution >= 0.6 is 0 Å². The molecule has 0 aromatic heterocycles. The fraction of sp³-hybridized carbons (Fsp3) is 0.786.